The van der Waals surface area contributed by atoms with Crippen LogP contribution in [0, 0.1) is 0 Å². The number of ether oxygens (including phenoxy) is 1. The number of carbonyl (C=O) groups excluding carboxylic acids is 1. The van der Waals surface area contributed by atoms with Crippen molar-refractivity contribution in [3.05, 3.63) is 24.0 Å². The van der Waals surface area contributed by atoms with Crippen molar-refractivity contribution in [3.63, 3.8) is 0 Å². The highest BCUT2D eigenvalue weighted by Crippen LogP contribution is 2.08. The molecule has 0 aliphatic heterocycles. The van der Waals surface area contributed by atoms with E-state index < -0.39 is 5.60 Å². The average molecular weight is 267 g/mol. The molecule has 0 unspecified atom stereocenters. The highest BCUT2D eigenvalue weighted by atomic mass is 16.6. The van der Waals surface area contributed by atoms with E-state index in [9.17, 15) is 4.79 Å². The zero-order chi connectivity index (χ0) is 14.5. The third-order valence-corrected chi connectivity index (χ3v) is 2.55. The lowest BCUT2D eigenvalue weighted by Gasteiger charge is -2.24. The summed E-state index contributed by atoms with van der Waals surface area (Å²) in [5, 5.41) is 3.30. The molecule has 0 bridgehead atoms. The molecule has 0 radical (unpaired) electrons. The SMILES string of the molecule is CN(CCNCc1ccn(C)c1)C(=O)OC(C)(C)C. The first-order valence-corrected chi connectivity index (χ1v) is 6.53. The van der Waals surface area contributed by atoms with E-state index in [4.69, 9.17) is 4.74 Å². The lowest BCUT2D eigenvalue weighted by molar-refractivity contribution is 0.0300. The Morgan fingerprint density at radius 3 is 2.68 bits per heavy atom. The zero-order valence-corrected chi connectivity index (χ0v) is 12.6. The van der Waals surface area contributed by atoms with E-state index in [1.54, 1.807) is 11.9 Å². The normalized spacial score (nSPS) is 11.4. The molecule has 1 rings (SSSR count). The maximum absolute atomic E-state index is 11.7. The molecule has 5 nitrogen and oxygen atoms in total. The summed E-state index contributed by atoms with van der Waals surface area (Å²) >= 11 is 0. The van der Waals surface area contributed by atoms with Gasteiger partial charge in [0.25, 0.3) is 0 Å². The van der Waals surface area contributed by atoms with Gasteiger partial charge in [0.2, 0.25) is 0 Å². The second kappa shape index (κ2) is 6.61. The van der Waals surface area contributed by atoms with E-state index in [1.165, 1.54) is 5.56 Å². The predicted molar refractivity (Wildman–Crippen MR) is 76.0 cm³/mol. The summed E-state index contributed by atoms with van der Waals surface area (Å²) < 4.78 is 7.29. The Hall–Kier alpha value is -1.49. The van der Waals surface area contributed by atoms with Crippen LogP contribution in [-0.4, -0.2) is 41.3 Å². The second-order valence-corrected chi connectivity index (χ2v) is 5.76. The first-order chi connectivity index (χ1) is 8.78. The van der Waals surface area contributed by atoms with Crippen LogP contribution in [0.4, 0.5) is 4.79 Å². The van der Waals surface area contributed by atoms with Crippen molar-refractivity contribution in [3.8, 4) is 0 Å². The first-order valence-electron chi connectivity index (χ1n) is 6.53. The summed E-state index contributed by atoms with van der Waals surface area (Å²) in [6.07, 6.45) is 3.81. The van der Waals surface area contributed by atoms with Gasteiger partial charge in [-0.05, 0) is 32.4 Å². The Morgan fingerprint density at radius 1 is 1.47 bits per heavy atom. The van der Waals surface area contributed by atoms with Crippen molar-refractivity contribution in [2.24, 2.45) is 7.05 Å². The minimum atomic E-state index is -0.442. The van der Waals surface area contributed by atoms with E-state index >= 15 is 0 Å². The minimum Gasteiger partial charge on any atom is -0.444 e. The number of hydrogen-bond donors (Lipinski definition) is 1. The van der Waals surface area contributed by atoms with Gasteiger partial charge in [-0.3, -0.25) is 0 Å². The molecule has 0 fully saturated rings. The number of aryl methyl sites for hydroxylation is 1. The summed E-state index contributed by atoms with van der Waals surface area (Å²) in [6.45, 7) is 7.78. The Morgan fingerprint density at radius 2 is 2.16 bits per heavy atom. The summed E-state index contributed by atoms with van der Waals surface area (Å²) in [5.74, 6) is 0. The average Bonchev–Trinajstić information content (AvgIpc) is 2.68. The van der Waals surface area contributed by atoms with Crippen molar-refractivity contribution in [1.82, 2.24) is 14.8 Å². The maximum Gasteiger partial charge on any atom is 0.410 e. The fourth-order valence-electron chi connectivity index (χ4n) is 1.58. The standard InChI is InChI=1S/C14H25N3O2/c1-14(2,3)19-13(18)17(5)9-7-15-10-12-6-8-16(4)11-12/h6,8,11,15H,7,9-10H2,1-5H3. The molecule has 0 spiro atoms. The van der Waals surface area contributed by atoms with Crippen LogP contribution in [0.25, 0.3) is 0 Å². The van der Waals surface area contributed by atoms with Gasteiger partial charge in [-0.1, -0.05) is 0 Å². The summed E-state index contributed by atoms with van der Waals surface area (Å²) in [5.41, 5.74) is 0.797. The minimum absolute atomic E-state index is 0.283. The maximum atomic E-state index is 11.7. The van der Waals surface area contributed by atoms with E-state index in [-0.39, 0.29) is 6.09 Å². The number of rotatable bonds is 5. The lowest BCUT2D eigenvalue weighted by atomic mass is 10.2. The van der Waals surface area contributed by atoms with Gasteiger partial charge in [-0.2, -0.15) is 0 Å². The summed E-state index contributed by atoms with van der Waals surface area (Å²) in [4.78, 5) is 13.3. The molecule has 0 atom stereocenters. The topological polar surface area (TPSA) is 46.5 Å². The number of amides is 1. The van der Waals surface area contributed by atoms with Crippen molar-refractivity contribution in [2.45, 2.75) is 32.9 Å². The van der Waals surface area contributed by atoms with Crippen LogP contribution in [0.5, 0.6) is 0 Å². The number of hydrogen-bond acceptors (Lipinski definition) is 3. The molecule has 1 aromatic rings. The van der Waals surface area contributed by atoms with Crippen LogP contribution in [-0.2, 0) is 18.3 Å². The third-order valence-electron chi connectivity index (χ3n) is 2.55. The van der Waals surface area contributed by atoms with Crippen molar-refractivity contribution >= 4 is 6.09 Å². The van der Waals surface area contributed by atoms with Gasteiger partial charge < -0.3 is 19.5 Å². The van der Waals surface area contributed by atoms with Crippen LogP contribution in [0.3, 0.4) is 0 Å². The fourth-order valence-corrected chi connectivity index (χ4v) is 1.58. The second-order valence-electron chi connectivity index (χ2n) is 5.76. The molecule has 1 N–H and O–H groups in total. The number of nitrogens with zero attached hydrogens (tertiary/aromatic N) is 2. The van der Waals surface area contributed by atoms with Gasteiger partial charge in [-0.15, -0.1) is 0 Å². The van der Waals surface area contributed by atoms with Crippen LogP contribution in [0.15, 0.2) is 18.5 Å². The molecule has 19 heavy (non-hydrogen) atoms. The molecule has 1 amide bonds. The van der Waals surface area contributed by atoms with Gasteiger partial charge >= 0.3 is 6.09 Å². The van der Waals surface area contributed by atoms with E-state index in [0.717, 1.165) is 13.1 Å². The largest absolute Gasteiger partial charge is 0.444 e. The van der Waals surface area contributed by atoms with Crippen molar-refractivity contribution in [2.75, 3.05) is 20.1 Å². The molecule has 0 saturated heterocycles. The molecule has 0 saturated carbocycles. The van der Waals surface area contributed by atoms with Crippen LogP contribution in [0.2, 0.25) is 0 Å². The molecular weight excluding hydrogens is 242 g/mol. The lowest BCUT2D eigenvalue weighted by Crippen LogP contribution is -2.37. The predicted octanol–water partition coefficient (Wildman–Crippen LogP) is 1.98. The molecule has 1 aromatic heterocycles. The number of likely N-dealkylation sites (N-methyl/N-ethyl adjacent to an activating group) is 1. The molecule has 0 aliphatic rings. The monoisotopic (exact) mass is 267 g/mol. The van der Waals surface area contributed by atoms with Crippen LogP contribution in [0.1, 0.15) is 26.3 Å². The molecule has 0 aliphatic carbocycles. The van der Waals surface area contributed by atoms with Crippen molar-refractivity contribution < 1.29 is 9.53 Å². The van der Waals surface area contributed by atoms with E-state index in [1.807, 2.05) is 38.6 Å². The van der Waals surface area contributed by atoms with Gasteiger partial charge in [0, 0.05) is 46.1 Å². The zero-order valence-electron chi connectivity index (χ0n) is 12.6. The fraction of sp³-hybridized carbons (Fsp3) is 0.643. The molecule has 108 valence electrons. The summed E-state index contributed by atoms with van der Waals surface area (Å²) in [7, 11) is 3.75. The Kier molecular flexibility index (Phi) is 5.42. The quantitative estimate of drug-likeness (QED) is 0.830. The van der Waals surface area contributed by atoms with Crippen molar-refractivity contribution in [1.29, 1.82) is 0 Å². The number of aromatic nitrogens is 1. The van der Waals surface area contributed by atoms with Gasteiger partial charge in [-0.25, -0.2) is 4.79 Å². The third kappa shape index (κ3) is 6.29. The Bertz CT molecular complexity index is 407. The molecule has 0 aromatic carbocycles. The molecular formula is C14H25N3O2. The molecule has 5 heteroatoms. The first kappa shape index (κ1) is 15.6. The summed E-state index contributed by atoms with van der Waals surface area (Å²) in [6, 6.07) is 2.07. The highest BCUT2D eigenvalue weighted by molar-refractivity contribution is 5.67. The smallest absolute Gasteiger partial charge is 0.410 e. The Labute approximate surface area is 115 Å². The van der Waals surface area contributed by atoms with Gasteiger partial charge in [0.15, 0.2) is 0 Å². The van der Waals surface area contributed by atoms with E-state index in [0.29, 0.717) is 6.54 Å². The van der Waals surface area contributed by atoms with Gasteiger partial charge in [0.1, 0.15) is 5.60 Å². The van der Waals surface area contributed by atoms with Gasteiger partial charge in [0.05, 0.1) is 0 Å². The van der Waals surface area contributed by atoms with Crippen LogP contribution < -0.4 is 5.32 Å². The van der Waals surface area contributed by atoms with E-state index in [2.05, 4.69) is 17.6 Å². The molecule has 1 heterocycles. The highest BCUT2D eigenvalue weighted by Gasteiger charge is 2.18. The Balaban J connectivity index is 2.20. The number of nitrogens with one attached hydrogen (secondary N) is 1. The number of carbonyl (C=O) groups is 1. The van der Waals surface area contributed by atoms with Crippen LogP contribution >= 0.6 is 0 Å².